The number of carbonyl (C=O) groups is 8. The van der Waals surface area contributed by atoms with Crippen molar-refractivity contribution in [2.45, 2.75) is 32.1 Å². The second kappa shape index (κ2) is 13.7. The van der Waals surface area contributed by atoms with E-state index < -0.39 is 53.9 Å². The zero-order valence-electron chi connectivity index (χ0n) is 20.7. The van der Waals surface area contributed by atoms with Crippen LogP contribution in [0, 0.1) is 0 Å². The molecule has 0 bridgehead atoms. The third kappa shape index (κ3) is 9.68. The number of carboxylic acid groups (broad SMARTS) is 1. The number of hydrogen-bond acceptors (Lipinski definition) is 9. The Bertz CT molecular complexity index is 905. The predicted molar refractivity (Wildman–Crippen MR) is 119 cm³/mol. The van der Waals surface area contributed by atoms with Crippen molar-refractivity contribution >= 4 is 47.4 Å². The Hall–Kier alpha value is -4.04. The summed E-state index contributed by atoms with van der Waals surface area (Å²) in [5, 5.41) is 9.14. The minimum atomic E-state index is -1.20. The van der Waals surface area contributed by atoms with Crippen molar-refractivity contribution in [1.82, 2.24) is 24.7 Å². The normalized spacial score (nSPS) is 12.7. The molecule has 0 aromatic rings. The molecule has 0 radical (unpaired) electrons. The van der Waals surface area contributed by atoms with Gasteiger partial charge in [-0.2, -0.15) is 0 Å². The van der Waals surface area contributed by atoms with Crippen molar-refractivity contribution < 1.29 is 48.3 Å². The number of carbonyl (C=O) groups excluding carboxylic acids is 7. The average molecular weight is 514 g/mol. The molecular weight excluding hydrogens is 482 g/mol. The van der Waals surface area contributed by atoms with Crippen molar-refractivity contribution in [1.29, 1.82) is 0 Å². The fraction of sp³-hybridized carbons (Fsp3) is 0.619. The number of imide groups is 1. The number of hydrogen-bond donors (Lipinski definition) is 1. The Kier molecular flexibility index (Phi) is 11.5. The number of carboxylic acids is 1. The average Bonchev–Trinajstić information content (AvgIpc) is 3.10. The van der Waals surface area contributed by atoms with Gasteiger partial charge in [-0.05, 0) is 6.42 Å². The smallest absolute Gasteiger partial charge is 0.333 e. The summed E-state index contributed by atoms with van der Waals surface area (Å²) in [6.45, 7) is -1.59. The molecule has 0 spiro atoms. The van der Waals surface area contributed by atoms with Gasteiger partial charge in [0.1, 0.15) is 6.54 Å². The Balaban J connectivity index is 2.39. The summed E-state index contributed by atoms with van der Waals surface area (Å²) in [7, 11) is 5.35. The lowest BCUT2D eigenvalue weighted by Crippen LogP contribution is -2.46. The Morgan fingerprint density at radius 3 is 1.50 bits per heavy atom. The standard InChI is InChI=1S/C21H31N5O10/c1-22(14(27)6-5-7-21(35)36-26-15(28)8-9-16(26)29)10-17(30)23(2)11-18(31)24(3)12-19(32)25(4)13-20(33)34/h5-13H2,1-4H3,(H,33,34). The summed E-state index contributed by atoms with van der Waals surface area (Å²) in [5.74, 6) is -5.39. The molecule has 200 valence electrons. The van der Waals surface area contributed by atoms with Crippen molar-refractivity contribution in [2.24, 2.45) is 0 Å². The van der Waals surface area contributed by atoms with Gasteiger partial charge >= 0.3 is 11.9 Å². The van der Waals surface area contributed by atoms with Gasteiger partial charge in [0.05, 0.1) is 19.6 Å². The van der Waals surface area contributed by atoms with Crippen molar-refractivity contribution in [3.05, 3.63) is 0 Å². The molecule has 0 aliphatic carbocycles. The first kappa shape index (κ1) is 30.0. The van der Waals surface area contributed by atoms with Crippen LogP contribution in [0.4, 0.5) is 0 Å². The van der Waals surface area contributed by atoms with E-state index in [1.165, 1.54) is 28.2 Å². The highest BCUT2D eigenvalue weighted by atomic mass is 16.7. The largest absolute Gasteiger partial charge is 0.480 e. The topological polar surface area (TPSA) is 182 Å². The van der Waals surface area contributed by atoms with Crippen LogP contribution in [0.15, 0.2) is 0 Å². The minimum Gasteiger partial charge on any atom is -0.480 e. The molecule has 1 heterocycles. The Labute approximate surface area is 207 Å². The summed E-state index contributed by atoms with van der Waals surface area (Å²) in [4.78, 5) is 103. The molecular formula is C21H31N5O10. The molecule has 1 fully saturated rings. The highest BCUT2D eigenvalue weighted by Crippen LogP contribution is 2.13. The van der Waals surface area contributed by atoms with Crippen molar-refractivity contribution in [3.63, 3.8) is 0 Å². The first-order valence-corrected chi connectivity index (χ1v) is 11.0. The van der Waals surface area contributed by atoms with Crippen LogP contribution in [0.2, 0.25) is 0 Å². The van der Waals surface area contributed by atoms with Gasteiger partial charge in [-0.15, -0.1) is 5.06 Å². The monoisotopic (exact) mass is 513 g/mol. The molecule has 15 nitrogen and oxygen atoms in total. The molecule has 15 heteroatoms. The molecule has 36 heavy (non-hydrogen) atoms. The van der Waals surface area contributed by atoms with Crippen molar-refractivity contribution in [2.75, 3.05) is 54.4 Å². The SMILES string of the molecule is CN(CC(=O)O)C(=O)CN(C)C(=O)CN(C)C(=O)CN(C)C(=O)CCCC(=O)ON1C(=O)CCC1=O. The summed E-state index contributed by atoms with van der Waals surface area (Å²) < 4.78 is 0. The second-order valence-electron chi connectivity index (χ2n) is 8.29. The molecule has 0 aromatic heterocycles. The van der Waals surface area contributed by atoms with Crippen LogP contribution >= 0.6 is 0 Å². The van der Waals surface area contributed by atoms with Crippen molar-refractivity contribution in [3.8, 4) is 0 Å². The number of rotatable bonds is 13. The molecule has 0 aromatic carbocycles. The lowest BCUT2D eigenvalue weighted by Gasteiger charge is -2.25. The summed E-state index contributed by atoms with van der Waals surface area (Å²) >= 11 is 0. The fourth-order valence-electron chi connectivity index (χ4n) is 2.91. The molecule has 6 amide bonds. The number of nitrogens with zero attached hydrogens (tertiary/aromatic N) is 5. The first-order valence-electron chi connectivity index (χ1n) is 11.0. The highest BCUT2D eigenvalue weighted by molar-refractivity contribution is 6.01. The molecule has 1 aliphatic rings. The second-order valence-corrected chi connectivity index (χ2v) is 8.29. The third-order valence-electron chi connectivity index (χ3n) is 5.16. The fourth-order valence-corrected chi connectivity index (χ4v) is 2.91. The minimum absolute atomic E-state index is 0.0258. The third-order valence-corrected chi connectivity index (χ3v) is 5.16. The van der Waals surface area contributed by atoms with Crippen LogP contribution in [-0.2, 0) is 43.2 Å². The summed E-state index contributed by atoms with van der Waals surface area (Å²) in [6, 6.07) is 0. The van der Waals surface area contributed by atoms with Crippen LogP contribution in [0.5, 0.6) is 0 Å². The maximum atomic E-state index is 12.4. The van der Waals surface area contributed by atoms with Gasteiger partial charge in [0.25, 0.3) is 11.8 Å². The van der Waals surface area contributed by atoms with E-state index in [-0.39, 0.29) is 51.7 Å². The Morgan fingerprint density at radius 2 is 1.08 bits per heavy atom. The van der Waals surface area contributed by atoms with E-state index in [0.29, 0.717) is 5.06 Å². The van der Waals surface area contributed by atoms with Crippen LogP contribution < -0.4 is 0 Å². The lowest BCUT2D eigenvalue weighted by atomic mass is 10.2. The number of amides is 6. The summed E-state index contributed by atoms with van der Waals surface area (Å²) in [5.41, 5.74) is 0. The Morgan fingerprint density at radius 1 is 0.694 bits per heavy atom. The van der Waals surface area contributed by atoms with Crippen LogP contribution in [0.3, 0.4) is 0 Å². The quantitative estimate of drug-likeness (QED) is 0.262. The van der Waals surface area contributed by atoms with Crippen LogP contribution in [0.25, 0.3) is 0 Å². The van der Waals surface area contributed by atoms with Gasteiger partial charge in [0.2, 0.25) is 23.6 Å². The van der Waals surface area contributed by atoms with Crippen LogP contribution in [0.1, 0.15) is 32.1 Å². The number of hydroxylamine groups is 2. The highest BCUT2D eigenvalue weighted by Gasteiger charge is 2.32. The molecule has 0 saturated carbocycles. The zero-order valence-corrected chi connectivity index (χ0v) is 20.7. The zero-order chi connectivity index (χ0) is 27.6. The molecule has 0 unspecified atom stereocenters. The van der Waals surface area contributed by atoms with Gasteiger partial charge in [0, 0.05) is 53.9 Å². The molecule has 0 atom stereocenters. The van der Waals surface area contributed by atoms with Gasteiger partial charge < -0.3 is 29.5 Å². The maximum absolute atomic E-state index is 12.4. The van der Waals surface area contributed by atoms with Gasteiger partial charge in [-0.25, -0.2) is 4.79 Å². The van der Waals surface area contributed by atoms with Crippen LogP contribution in [-0.4, -0.2) is 132 Å². The van der Waals surface area contributed by atoms with E-state index in [4.69, 9.17) is 9.94 Å². The molecule has 1 aliphatic heterocycles. The van der Waals surface area contributed by atoms with E-state index in [2.05, 4.69) is 0 Å². The predicted octanol–water partition coefficient (Wildman–Crippen LogP) is -2.32. The lowest BCUT2D eigenvalue weighted by molar-refractivity contribution is -0.197. The summed E-state index contributed by atoms with van der Waals surface area (Å²) in [6.07, 6.45) is -0.302. The number of likely N-dealkylation sites (N-methyl/N-ethyl adjacent to an activating group) is 4. The molecule has 1 saturated heterocycles. The maximum Gasteiger partial charge on any atom is 0.333 e. The van der Waals surface area contributed by atoms with Gasteiger partial charge in [-0.1, -0.05) is 0 Å². The van der Waals surface area contributed by atoms with E-state index >= 15 is 0 Å². The van der Waals surface area contributed by atoms with E-state index in [9.17, 15) is 38.4 Å². The molecule has 1 rings (SSSR count). The molecule has 1 N–H and O–H groups in total. The van der Waals surface area contributed by atoms with E-state index in [1.54, 1.807) is 0 Å². The van der Waals surface area contributed by atoms with E-state index in [0.717, 1.165) is 19.6 Å². The van der Waals surface area contributed by atoms with Gasteiger partial charge in [-0.3, -0.25) is 33.6 Å². The number of aliphatic carboxylic acids is 1. The van der Waals surface area contributed by atoms with Gasteiger partial charge in [0.15, 0.2) is 0 Å². The van der Waals surface area contributed by atoms with E-state index in [1.807, 2.05) is 0 Å². The first-order chi connectivity index (χ1) is 16.7.